The van der Waals surface area contributed by atoms with Crippen LogP contribution in [0.1, 0.15) is 22.8 Å². The van der Waals surface area contributed by atoms with Crippen molar-refractivity contribution in [3.8, 4) is 0 Å². The molecule has 0 spiro atoms. The molecule has 0 amide bonds. The fourth-order valence-corrected chi connectivity index (χ4v) is 1.36. The lowest BCUT2D eigenvalue weighted by molar-refractivity contribution is -0.385. The lowest BCUT2D eigenvalue weighted by atomic mass is 10.1. The van der Waals surface area contributed by atoms with Crippen LogP contribution in [0.3, 0.4) is 0 Å². The number of aliphatic hydroxyl groups excluding tert-OH is 1. The molecule has 0 aromatic heterocycles. The third kappa shape index (κ3) is 3.39. The Morgan fingerprint density at radius 3 is 2.83 bits per heavy atom. The Balaban J connectivity index is 3.14. The van der Waals surface area contributed by atoms with Gasteiger partial charge in [-0.25, -0.2) is 4.79 Å². The first-order valence-electron chi connectivity index (χ1n) is 5.33. The molecule has 0 radical (unpaired) electrons. The molecule has 1 rings (SSSR count). The van der Waals surface area contributed by atoms with Crippen LogP contribution in [0.4, 0.5) is 5.69 Å². The molecule has 0 aliphatic heterocycles. The van der Waals surface area contributed by atoms with E-state index < -0.39 is 10.9 Å². The molecule has 1 aromatic carbocycles. The normalized spacial score (nSPS) is 10.6. The second-order valence-electron chi connectivity index (χ2n) is 3.34. The maximum atomic E-state index is 11.4. The SMILES string of the molecule is CCOC(=O)c1ccc(C=CCO)c([N+](=O)[O-])c1. The minimum absolute atomic E-state index is 0.129. The highest BCUT2D eigenvalue weighted by Gasteiger charge is 2.16. The molecule has 1 aromatic rings. The molecular formula is C12H13NO5. The van der Waals surface area contributed by atoms with Crippen LogP contribution in [0.5, 0.6) is 0 Å². The highest BCUT2D eigenvalue weighted by molar-refractivity contribution is 5.90. The Labute approximate surface area is 104 Å². The predicted octanol–water partition coefficient (Wildman–Crippen LogP) is 1.78. The molecule has 0 bridgehead atoms. The monoisotopic (exact) mass is 251 g/mol. The van der Waals surface area contributed by atoms with Crippen LogP contribution in [-0.2, 0) is 4.74 Å². The van der Waals surface area contributed by atoms with Crippen LogP contribution in [0.15, 0.2) is 24.3 Å². The van der Waals surface area contributed by atoms with Crippen molar-refractivity contribution in [2.75, 3.05) is 13.2 Å². The summed E-state index contributed by atoms with van der Waals surface area (Å²) < 4.78 is 4.76. The molecule has 6 nitrogen and oxygen atoms in total. The molecule has 18 heavy (non-hydrogen) atoms. The molecule has 0 saturated heterocycles. The summed E-state index contributed by atoms with van der Waals surface area (Å²) in [6.45, 7) is 1.65. The van der Waals surface area contributed by atoms with Crippen molar-refractivity contribution in [3.63, 3.8) is 0 Å². The van der Waals surface area contributed by atoms with Gasteiger partial charge in [0, 0.05) is 6.07 Å². The maximum Gasteiger partial charge on any atom is 0.338 e. The third-order valence-electron chi connectivity index (χ3n) is 2.14. The Morgan fingerprint density at radius 1 is 1.56 bits per heavy atom. The van der Waals surface area contributed by atoms with Gasteiger partial charge in [0.05, 0.1) is 29.3 Å². The number of rotatable bonds is 5. The molecule has 6 heteroatoms. The molecule has 0 aliphatic carbocycles. The topological polar surface area (TPSA) is 89.7 Å². The van der Waals surface area contributed by atoms with Gasteiger partial charge in [-0.3, -0.25) is 10.1 Å². The van der Waals surface area contributed by atoms with E-state index in [0.29, 0.717) is 5.56 Å². The van der Waals surface area contributed by atoms with Gasteiger partial charge in [0.15, 0.2) is 0 Å². The first-order valence-corrected chi connectivity index (χ1v) is 5.33. The van der Waals surface area contributed by atoms with E-state index in [9.17, 15) is 14.9 Å². The quantitative estimate of drug-likeness (QED) is 0.489. The van der Waals surface area contributed by atoms with E-state index in [-0.39, 0.29) is 24.5 Å². The van der Waals surface area contributed by atoms with Crippen LogP contribution >= 0.6 is 0 Å². The van der Waals surface area contributed by atoms with Gasteiger partial charge in [-0.05, 0) is 25.1 Å². The van der Waals surface area contributed by atoms with Crippen LogP contribution in [0, 0.1) is 10.1 Å². The zero-order chi connectivity index (χ0) is 13.5. The molecule has 0 heterocycles. The fraction of sp³-hybridized carbons (Fsp3) is 0.250. The average molecular weight is 251 g/mol. The predicted molar refractivity (Wildman–Crippen MR) is 65.2 cm³/mol. The van der Waals surface area contributed by atoms with E-state index in [0.717, 1.165) is 6.07 Å². The number of nitro benzene ring substituents is 1. The number of aliphatic hydroxyl groups is 1. The summed E-state index contributed by atoms with van der Waals surface area (Å²) >= 11 is 0. The molecule has 0 unspecified atom stereocenters. The standard InChI is InChI=1S/C12H13NO5/c1-2-18-12(15)10-6-5-9(4-3-7-14)11(8-10)13(16)17/h3-6,8,14H,2,7H2,1H3. The molecule has 0 fully saturated rings. The molecule has 96 valence electrons. The van der Waals surface area contributed by atoms with Gasteiger partial charge in [-0.15, -0.1) is 0 Å². The van der Waals surface area contributed by atoms with Gasteiger partial charge in [-0.1, -0.05) is 6.08 Å². The Kier molecular flexibility index (Phi) is 5.01. The lowest BCUT2D eigenvalue weighted by Crippen LogP contribution is -2.05. The highest BCUT2D eigenvalue weighted by Crippen LogP contribution is 2.22. The second-order valence-corrected chi connectivity index (χ2v) is 3.34. The summed E-state index contributed by atoms with van der Waals surface area (Å²) in [5.41, 5.74) is 0.247. The van der Waals surface area contributed by atoms with Crippen LogP contribution in [-0.4, -0.2) is 29.2 Å². The zero-order valence-corrected chi connectivity index (χ0v) is 9.83. The van der Waals surface area contributed by atoms with E-state index >= 15 is 0 Å². The Hall–Kier alpha value is -2.21. The zero-order valence-electron chi connectivity index (χ0n) is 9.83. The highest BCUT2D eigenvalue weighted by atomic mass is 16.6. The summed E-state index contributed by atoms with van der Waals surface area (Å²) in [5.74, 6) is -0.599. The van der Waals surface area contributed by atoms with E-state index in [1.165, 1.54) is 24.3 Å². The number of nitro groups is 1. The number of carbonyl (C=O) groups is 1. The molecule has 0 aliphatic rings. The van der Waals surface area contributed by atoms with Gasteiger partial charge in [0.2, 0.25) is 0 Å². The summed E-state index contributed by atoms with van der Waals surface area (Å²) in [6, 6.07) is 4.05. The van der Waals surface area contributed by atoms with Crippen molar-refractivity contribution in [2.24, 2.45) is 0 Å². The minimum Gasteiger partial charge on any atom is -0.462 e. The van der Waals surface area contributed by atoms with Crippen molar-refractivity contribution in [2.45, 2.75) is 6.92 Å². The number of nitrogens with zero attached hydrogens (tertiary/aromatic N) is 1. The number of benzene rings is 1. The fourth-order valence-electron chi connectivity index (χ4n) is 1.36. The maximum absolute atomic E-state index is 11.4. The Bertz CT molecular complexity index is 481. The number of carbonyl (C=O) groups excluding carboxylic acids is 1. The lowest BCUT2D eigenvalue weighted by Gasteiger charge is -2.03. The summed E-state index contributed by atoms with van der Waals surface area (Å²) in [5, 5.41) is 19.5. The molecule has 0 saturated carbocycles. The number of hydrogen-bond acceptors (Lipinski definition) is 5. The van der Waals surface area contributed by atoms with E-state index in [4.69, 9.17) is 9.84 Å². The number of esters is 1. The van der Waals surface area contributed by atoms with Gasteiger partial charge in [0.1, 0.15) is 0 Å². The molecule has 1 N–H and O–H groups in total. The van der Waals surface area contributed by atoms with Crippen molar-refractivity contribution in [1.82, 2.24) is 0 Å². The van der Waals surface area contributed by atoms with Gasteiger partial charge >= 0.3 is 5.97 Å². The minimum atomic E-state index is -0.599. The first-order chi connectivity index (χ1) is 8.60. The van der Waals surface area contributed by atoms with Crippen molar-refractivity contribution in [3.05, 3.63) is 45.5 Å². The van der Waals surface area contributed by atoms with Gasteiger partial charge in [0.25, 0.3) is 5.69 Å². The average Bonchev–Trinajstić information content (AvgIpc) is 2.36. The van der Waals surface area contributed by atoms with Gasteiger partial charge in [-0.2, -0.15) is 0 Å². The first kappa shape index (κ1) is 13.9. The second kappa shape index (κ2) is 6.51. The van der Waals surface area contributed by atoms with E-state index in [2.05, 4.69) is 0 Å². The van der Waals surface area contributed by atoms with Crippen LogP contribution in [0.25, 0.3) is 6.08 Å². The van der Waals surface area contributed by atoms with Gasteiger partial charge < -0.3 is 9.84 Å². The van der Waals surface area contributed by atoms with E-state index in [1.54, 1.807) is 6.92 Å². The summed E-state index contributed by atoms with van der Waals surface area (Å²) in [4.78, 5) is 21.7. The largest absolute Gasteiger partial charge is 0.462 e. The van der Waals surface area contributed by atoms with E-state index in [1.807, 2.05) is 0 Å². The molecular weight excluding hydrogens is 238 g/mol. The van der Waals surface area contributed by atoms with Crippen molar-refractivity contribution >= 4 is 17.7 Å². The summed E-state index contributed by atoms with van der Waals surface area (Å²) in [7, 11) is 0. The van der Waals surface area contributed by atoms with Crippen LogP contribution < -0.4 is 0 Å². The molecule has 0 atom stereocenters. The number of hydrogen-bond donors (Lipinski definition) is 1. The van der Waals surface area contributed by atoms with Crippen molar-refractivity contribution in [1.29, 1.82) is 0 Å². The third-order valence-corrected chi connectivity index (χ3v) is 2.14. The number of ether oxygens (including phenoxy) is 1. The van der Waals surface area contributed by atoms with Crippen molar-refractivity contribution < 1.29 is 19.6 Å². The smallest absolute Gasteiger partial charge is 0.338 e. The van der Waals surface area contributed by atoms with Crippen LogP contribution in [0.2, 0.25) is 0 Å². The summed E-state index contributed by atoms with van der Waals surface area (Å²) in [6.07, 6.45) is 2.80. The Morgan fingerprint density at radius 2 is 2.28 bits per heavy atom.